The minimum atomic E-state index is 0.885. The second kappa shape index (κ2) is 11.0. The fourth-order valence-electron chi connectivity index (χ4n) is 7.53. The van der Waals surface area contributed by atoms with E-state index in [4.69, 9.17) is 9.40 Å². The molecule has 0 unspecified atom stereocenters. The van der Waals surface area contributed by atoms with Gasteiger partial charge in [-0.15, -0.1) is 0 Å². The van der Waals surface area contributed by atoms with Gasteiger partial charge in [0.2, 0.25) is 0 Å². The molecule has 0 aliphatic heterocycles. The Labute approximate surface area is 283 Å². The normalized spacial score (nSPS) is 11.7. The topological polar surface area (TPSA) is 26.0 Å². The average molecular weight is 624 g/mol. The molecule has 0 saturated heterocycles. The lowest BCUT2D eigenvalue weighted by Crippen LogP contribution is -1.92. The van der Waals surface area contributed by atoms with Crippen LogP contribution in [0.15, 0.2) is 180 Å². The summed E-state index contributed by atoms with van der Waals surface area (Å²) in [6.45, 7) is 0. The van der Waals surface area contributed by atoms with Crippen molar-refractivity contribution >= 4 is 54.3 Å². The molecule has 0 N–H and O–H groups in total. The van der Waals surface area contributed by atoms with Gasteiger partial charge >= 0.3 is 0 Å². The highest BCUT2D eigenvalue weighted by atomic mass is 16.3. The van der Waals surface area contributed by atoms with E-state index in [1.165, 1.54) is 54.6 Å². The van der Waals surface area contributed by atoms with Crippen molar-refractivity contribution in [3.05, 3.63) is 176 Å². The Bertz CT molecular complexity index is 2790. The molecule has 10 aromatic rings. The predicted octanol–water partition coefficient (Wildman–Crippen LogP) is 13.1. The van der Waals surface area contributed by atoms with Crippen LogP contribution in [0.1, 0.15) is 0 Å². The molecule has 8 aromatic carbocycles. The zero-order valence-corrected chi connectivity index (χ0v) is 26.6. The summed E-state index contributed by atoms with van der Waals surface area (Å²) in [4.78, 5) is 5.10. The van der Waals surface area contributed by atoms with Gasteiger partial charge in [0.1, 0.15) is 11.2 Å². The maximum Gasteiger partial charge on any atom is 0.136 e. The Morgan fingerprint density at radius 1 is 0.327 bits per heavy atom. The van der Waals surface area contributed by atoms with Crippen LogP contribution in [0.3, 0.4) is 0 Å². The van der Waals surface area contributed by atoms with E-state index in [2.05, 4.69) is 170 Å². The largest absolute Gasteiger partial charge is 0.456 e. The van der Waals surface area contributed by atoms with E-state index in [9.17, 15) is 0 Å². The molecular formula is C47H29NO. The van der Waals surface area contributed by atoms with Crippen LogP contribution in [0.4, 0.5) is 0 Å². The van der Waals surface area contributed by atoms with Gasteiger partial charge in [-0.1, -0.05) is 140 Å². The monoisotopic (exact) mass is 623 g/mol. The quantitative estimate of drug-likeness (QED) is 0.182. The molecule has 0 aliphatic carbocycles. The molecule has 0 aliphatic rings. The lowest BCUT2D eigenvalue weighted by molar-refractivity contribution is 0.669. The highest BCUT2D eigenvalue weighted by Gasteiger charge is 2.18. The van der Waals surface area contributed by atoms with E-state index in [1.54, 1.807) is 0 Å². The fourth-order valence-corrected chi connectivity index (χ4v) is 7.53. The van der Waals surface area contributed by atoms with Crippen molar-refractivity contribution in [1.82, 2.24) is 4.98 Å². The summed E-state index contributed by atoms with van der Waals surface area (Å²) in [5.41, 5.74) is 10.9. The van der Waals surface area contributed by atoms with Gasteiger partial charge in [0, 0.05) is 28.1 Å². The van der Waals surface area contributed by atoms with Crippen LogP contribution in [-0.2, 0) is 0 Å². The molecule has 0 amide bonds. The lowest BCUT2D eigenvalue weighted by Gasteiger charge is -2.17. The van der Waals surface area contributed by atoms with E-state index >= 15 is 0 Å². The Morgan fingerprint density at radius 3 is 1.53 bits per heavy atom. The summed E-state index contributed by atoms with van der Waals surface area (Å²) < 4.78 is 6.37. The standard InChI is InChI=1S/C47H29NO/c1-2-10-30(11-3-1)31-18-20-32(21-19-31)46-38-14-6-8-16-40(38)47(41-17-9-7-15-39(41)46)43-25-23-36(29-48-43)35-22-24-37-42-26-33-12-4-5-13-34(33)27-45(42)49-44(37)28-35/h1-29H. The molecule has 0 radical (unpaired) electrons. The SMILES string of the molecule is c1ccc(-c2ccc(-c3c4ccccc4c(-c4ccc(-c5ccc6c(c5)oc5cc7ccccc7cc56)cn4)c4ccccc34)cc2)cc1. The number of rotatable bonds is 4. The molecule has 2 heteroatoms. The summed E-state index contributed by atoms with van der Waals surface area (Å²) in [7, 11) is 0. The van der Waals surface area contributed by atoms with Crippen LogP contribution < -0.4 is 0 Å². The number of hydrogen-bond acceptors (Lipinski definition) is 2. The van der Waals surface area contributed by atoms with Crippen molar-refractivity contribution in [1.29, 1.82) is 0 Å². The van der Waals surface area contributed by atoms with Crippen LogP contribution in [0, 0.1) is 0 Å². The Balaban J connectivity index is 1.08. The molecule has 0 bridgehead atoms. The van der Waals surface area contributed by atoms with Gasteiger partial charge < -0.3 is 4.42 Å². The van der Waals surface area contributed by atoms with Gasteiger partial charge in [-0.05, 0) is 90.5 Å². The molecular weight excluding hydrogens is 595 g/mol. The van der Waals surface area contributed by atoms with Gasteiger partial charge in [0.15, 0.2) is 0 Å². The smallest absolute Gasteiger partial charge is 0.136 e. The van der Waals surface area contributed by atoms with Gasteiger partial charge in [-0.25, -0.2) is 0 Å². The molecule has 0 fully saturated rings. The van der Waals surface area contributed by atoms with Crippen LogP contribution in [0.5, 0.6) is 0 Å². The third-order valence-electron chi connectivity index (χ3n) is 9.90. The van der Waals surface area contributed by atoms with Gasteiger partial charge in [0.05, 0.1) is 5.69 Å². The highest BCUT2D eigenvalue weighted by molar-refractivity contribution is 6.21. The third-order valence-corrected chi connectivity index (χ3v) is 9.90. The maximum absolute atomic E-state index is 6.37. The summed E-state index contributed by atoms with van der Waals surface area (Å²) in [6, 6.07) is 60.6. The molecule has 0 saturated carbocycles. The Morgan fingerprint density at radius 2 is 0.857 bits per heavy atom. The van der Waals surface area contributed by atoms with Gasteiger partial charge in [-0.3, -0.25) is 4.98 Å². The molecule has 0 spiro atoms. The number of pyridine rings is 1. The first kappa shape index (κ1) is 27.6. The van der Waals surface area contributed by atoms with Crippen molar-refractivity contribution in [2.24, 2.45) is 0 Å². The molecule has 10 rings (SSSR count). The first-order valence-electron chi connectivity index (χ1n) is 16.7. The van der Waals surface area contributed by atoms with E-state index < -0.39 is 0 Å². The predicted molar refractivity (Wildman–Crippen MR) is 206 cm³/mol. The fraction of sp³-hybridized carbons (Fsp3) is 0. The third kappa shape index (κ3) is 4.53. The number of fused-ring (bicyclic) bond motifs is 6. The lowest BCUT2D eigenvalue weighted by atomic mass is 9.87. The zero-order valence-electron chi connectivity index (χ0n) is 26.6. The van der Waals surface area contributed by atoms with E-state index in [1.807, 2.05) is 6.20 Å². The minimum absolute atomic E-state index is 0.885. The summed E-state index contributed by atoms with van der Waals surface area (Å²) in [6.07, 6.45) is 1.99. The van der Waals surface area contributed by atoms with Crippen LogP contribution in [0.25, 0.3) is 98.9 Å². The van der Waals surface area contributed by atoms with Crippen molar-refractivity contribution < 1.29 is 4.42 Å². The van der Waals surface area contributed by atoms with Crippen molar-refractivity contribution in [2.45, 2.75) is 0 Å². The van der Waals surface area contributed by atoms with Gasteiger partial charge in [-0.2, -0.15) is 0 Å². The summed E-state index contributed by atoms with van der Waals surface area (Å²) >= 11 is 0. The van der Waals surface area contributed by atoms with Crippen molar-refractivity contribution in [3.8, 4) is 44.6 Å². The first-order valence-corrected chi connectivity index (χ1v) is 16.7. The number of hydrogen-bond donors (Lipinski definition) is 0. The van der Waals surface area contributed by atoms with E-state index in [-0.39, 0.29) is 0 Å². The molecule has 49 heavy (non-hydrogen) atoms. The Hall–Kier alpha value is -6.51. The number of benzene rings is 8. The first-order chi connectivity index (χ1) is 24.3. The second-order valence-electron chi connectivity index (χ2n) is 12.7. The van der Waals surface area contributed by atoms with E-state index in [0.717, 1.165) is 44.3 Å². The molecule has 228 valence electrons. The molecule has 2 nitrogen and oxygen atoms in total. The zero-order chi connectivity index (χ0) is 32.3. The van der Waals surface area contributed by atoms with Crippen molar-refractivity contribution in [3.63, 3.8) is 0 Å². The van der Waals surface area contributed by atoms with Crippen LogP contribution in [-0.4, -0.2) is 4.98 Å². The minimum Gasteiger partial charge on any atom is -0.456 e. The van der Waals surface area contributed by atoms with Gasteiger partial charge in [0.25, 0.3) is 0 Å². The maximum atomic E-state index is 6.37. The summed E-state index contributed by atoms with van der Waals surface area (Å²) in [5, 5.41) is 9.50. The Kier molecular flexibility index (Phi) is 6.22. The van der Waals surface area contributed by atoms with E-state index in [0.29, 0.717) is 0 Å². The molecule has 0 atom stereocenters. The average Bonchev–Trinajstić information content (AvgIpc) is 3.53. The molecule has 2 aromatic heterocycles. The number of furan rings is 1. The van der Waals surface area contributed by atoms with Crippen molar-refractivity contribution in [2.75, 3.05) is 0 Å². The van der Waals surface area contributed by atoms with Crippen LogP contribution in [0.2, 0.25) is 0 Å². The molecule has 2 heterocycles. The highest BCUT2D eigenvalue weighted by Crippen LogP contribution is 2.44. The summed E-state index contributed by atoms with van der Waals surface area (Å²) in [5.74, 6) is 0. The van der Waals surface area contributed by atoms with Crippen LogP contribution >= 0.6 is 0 Å². The number of aromatic nitrogens is 1. The second-order valence-corrected chi connectivity index (χ2v) is 12.7. The number of nitrogens with zero attached hydrogens (tertiary/aromatic N) is 1.